The average Bonchev–Trinajstić information content (AvgIpc) is 3.34. The van der Waals surface area contributed by atoms with Crippen molar-refractivity contribution >= 4 is 47.7 Å². The van der Waals surface area contributed by atoms with E-state index in [2.05, 4.69) is 21.8 Å². The number of benzene rings is 3. The standard InChI is InChI=1S/C31H33N5O4.H3O4P/c1-34-15-17-36(18-16-34)20-27(37)35(2)24-12-10-23(11-13-24)32-29(21-7-5-4-6-8-21)28-25-14-9-22(31(39)40-3)19-26(25)33-30(28)38;1-5(2,3)4/h4-14,19,33,38H,15-18,20H2,1-3H3;(H3,1,2,3,4). The summed E-state index contributed by atoms with van der Waals surface area (Å²) in [5.74, 6) is -0.465. The number of H-pyrrole nitrogens is 1. The number of amides is 1. The molecule has 1 aromatic heterocycles. The number of hydrogen-bond acceptors (Lipinski definition) is 8. The van der Waals surface area contributed by atoms with E-state index in [1.54, 1.807) is 30.1 Å². The zero-order valence-electron chi connectivity index (χ0n) is 25.1. The van der Waals surface area contributed by atoms with Gasteiger partial charge in [0.15, 0.2) is 5.88 Å². The summed E-state index contributed by atoms with van der Waals surface area (Å²) >= 11 is 0. The molecular formula is C31H36N5O8P. The number of anilines is 1. The number of ether oxygens (including phenoxy) is 1. The normalized spacial score (nSPS) is 14.5. The lowest BCUT2D eigenvalue weighted by Gasteiger charge is -2.32. The van der Waals surface area contributed by atoms with Crippen LogP contribution in [0.5, 0.6) is 5.88 Å². The van der Waals surface area contributed by atoms with Crippen LogP contribution in [-0.4, -0.2) is 106 Å². The first-order valence-corrected chi connectivity index (χ1v) is 15.5. The number of aliphatic imine (C=N–C) groups is 1. The van der Waals surface area contributed by atoms with E-state index in [-0.39, 0.29) is 11.8 Å². The number of carbonyl (C=O) groups is 2. The molecule has 0 aliphatic carbocycles. The van der Waals surface area contributed by atoms with Gasteiger partial charge in [-0.3, -0.25) is 9.69 Å². The predicted molar refractivity (Wildman–Crippen MR) is 171 cm³/mol. The fraction of sp³-hybridized carbons (Fsp3) is 0.258. The highest BCUT2D eigenvalue weighted by molar-refractivity contribution is 7.45. The van der Waals surface area contributed by atoms with Crippen molar-refractivity contribution in [2.24, 2.45) is 4.99 Å². The molecule has 14 heteroatoms. The number of rotatable bonds is 7. The minimum Gasteiger partial charge on any atom is -0.494 e. The topological polar surface area (TPSA) is 179 Å². The first-order valence-electron chi connectivity index (χ1n) is 14.0. The van der Waals surface area contributed by atoms with Gasteiger partial charge in [0.2, 0.25) is 5.91 Å². The summed E-state index contributed by atoms with van der Waals surface area (Å²) in [6.07, 6.45) is 0. The molecule has 0 bridgehead atoms. The number of aromatic amines is 1. The van der Waals surface area contributed by atoms with E-state index in [0.717, 1.165) is 42.8 Å². The summed E-state index contributed by atoms with van der Waals surface area (Å²) < 4.78 is 13.7. The van der Waals surface area contributed by atoms with Crippen LogP contribution in [0, 0.1) is 0 Å². The van der Waals surface area contributed by atoms with Crippen molar-refractivity contribution in [1.82, 2.24) is 14.8 Å². The van der Waals surface area contributed by atoms with Crippen LogP contribution in [-0.2, 0) is 14.1 Å². The molecular weight excluding hydrogens is 601 g/mol. The molecule has 0 saturated carbocycles. The number of likely N-dealkylation sites (N-methyl/N-ethyl adjacent to an activating group) is 2. The van der Waals surface area contributed by atoms with Gasteiger partial charge in [0.1, 0.15) is 0 Å². The molecule has 0 atom stereocenters. The summed E-state index contributed by atoms with van der Waals surface area (Å²) in [6.45, 7) is 4.09. The van der Waals surface area contributed by atoms with Gasteiger partial charge < -0.3 is 39.3 Å². The molecule has 1 fully saturated rings. The molecule has 2 heterocycles. The number of methoxy groups -OCH3 is 1. The van der Waals surface area contributed by atoms with Gasteiger partial charge in [0.25, 0.3) is 0 Å². The summed E-state index contributed by atoms with van der Waals surface area (Å²) in [5, 5.41) is 11.7. The van der Waals surface area contributed by atoms with E-state index in [1.807, 2.05) is 54.6 Å². The molecule has 1 aliphatic heterocycles. The number of fused-ring (bicyclic) bond motifs is 1. The number of hydrogen-bond donors (Lipinski definition) is 5. The van der Waals surface area contributed by atoms with Crippen LogP contribution in [0.4, 0.5) is 11.4 Å². The Bertz CT molecular complexity index is 1700. The van der Waals surface area contributed by atoms with Crippen LogP contribution in [0.15, 0.2) is 77.8 Å². The second kappa shape index (κ2) is 14.6. The molecule has 0 radical (unpaired) electrons. The highest BCUT2D eigenvalue weighted by atomic mass is 31.2. The maximum absolute atomic E-state index is 12.9. The highest BCUT2D eigenvalue weighted by Crippen LogP contribution is 2.32. The summed E-state index contributed by atoms with van der Waals surface area (Å²) in [7, 11) is 0.578. The molecule has 45 heavy (non-hydrogen) atoms. The van der Waals surface area contributed by atoms with E-state index in [9.17, 15) is 14.7 Å². The number of phosphoric acid groups is 1. The molecule has 13 nitrogen and oxygen atoms in total. The molecule has 4 aromatic rings. The number of esters is 1. The van der Waals surface area contributed by atoms with Gasteiger partial charge in [-0.1, -0.05) is 36.4 Å². The first kappa shape index (κ1) is 33.5. The van der Waals surface area contributed by atoms with Gasteiger partial charge in [0.05, 0.1) is 36.2 Å². The SMILES string of the molecule is COC(=O)c1ccc2c(C(=Nc3ccc(N(C)C(=O)CN4CCN(C)CC4)cc3)c3ccccc3)c(O)[nH]c2c1.O=P(O)(O)O. The van der Waals surface area contributed by atoms with Gasteiger partial charge >= 0.3 is 13.8 Å². The van der Waals surface area contributed by atoms with Crippen molar-refractivity contribution in [3.63, 3.8) is 0 Å². The van der Waals surface area contributed by atoms with E-state index in [0.29, 0.717) is 34.6 Å². The summed E-state index contributed by atoms with van der Waals surface area (Å²) in [6, 6.07) is 22.2. The first-order chi connectivity index (χ1) is 21.3. The van der Waals surface area contributed by atoms with Crippen LogP contribution in [0.2, 0.25) is 0 Å². The van der Waals surface area contributed by atoms with Crippen molar-refractivity contribution in [1.29, 1.82) is 0 Å². The quantitative estimate of drug-likeness (QED) is 0.115. The molecule has 3 aromatic carbocycles. The number of aromatic nitrogens is 1. The fourth-order valence-corrected chi connectivity index (χ4v) is 4.86. The van der Waals surface area contributed by atoms with Gasteiger partial charge in [-0.05, 0) is 43.4 Å². The molecule has 238 valence electrons. The zero-order chi connectivity index (χ0) is 32.7. The van der Waals surface area contributed by atoms with E-state index >= 15 is 0 Å². The Morgan fingerprint density at radius 1 is 0.956 bits per heavy atom. The van der Waals surface area contributed by atoms with E-state index in [4.69, 9.17) is 29.0 Å². The van der Waals surface area contributed by atoms with Crippen molar-refractivity contribution in [2.75, 3.05) is 58.8 Å². The van der Waals surface area contributed by atoms with Crippen LogP contribution in [0.1, 0.15) is 21.5 Å². The van der Waals surface area contributed by atoms with Crippen LogP contribution >= 0.6 is 7.82 Å². The van der Waals surface area contributed by atoms with Gasteiger partial charge in [-0.15, -0.1) is 0 Å². The van der Waals surface area contributed by atoms with Gasteiger partial charge in [-0.25, -0.2) is 14.4 Å². The summed E-state index contributed by atoms with van der Waals surface area (Å²) in [4.78, 5) is 60.5. The molecule has 5 rings (SSSR count). The predicted octanol–water partition coefficient (Wildman–Crippen LogP) is 3.11. The molecule has 0 spiro atoms. The lowest BCUT2D eigenvalue weighted by Crippen LogP contribution is -2.48. The third kappa shape index (κ3) is 9.08. The monoisotopic (exact) mass is 637 g/mol. The van der Waals surface area contributed by atoms with Gasteiger partial charge in [0, 0.05) is 55.4 Å². The maximum atomic E-state index is 12.9. The van der Waals surface area contributed by atoms with Crippen LogP contribution in [0.3, 0.4) is 0 Å². The lowest BCUT2D eigenvalue weighted by atomic mass is 10.00. The van der Waals surface area contributed by atoms with Crippen molar-refractivity contribution in [2.45, 2.75) is 0 Å². The minimum absolute atomic E-state index is 0.0424. The Labute approximate surface area is 260 Å². The number of nitrogens with one attached hydrogen (secondary N) is 1. The third-order valence-corrected chi connectivity index (χ3v) is 7.29. The Balaban J connectivity index is 0.000000854. The number of nitrogens with zero attached hydrogens (tertiary/aromatic N) is 4. The van der Waals surface area contributed by atoms with Gasteiger partial charge in [-0.2, -0.15) is 0 Å². The summed E-state index contributed by atoms with van der Waals surface area (Å²) in [5.41, 5.74) is 4.34. The lowest BCUT2D eigenvalue weighted by molar-refractivity contribution is -0.119. The Kier molecular flexibility index (Phi) is 10.9. The van der Waals surface area contributed by atoms with Crippen molar-refractivity contribution < 1.29 is 38.7 Å². The fourth-order valence-electron chi connectivity index (χ4n) is 4.86. The molecule has 1 saturated heterocycles. The second-order valence-electron chi connectivity index (χ2n) is 10.5. The van der Waals surface area contributed by atoms with Crippen molar-refractivity contribution in [3.8, 4) is 5.88 Å². The maximum Gasteiger partial charge on any atom is 0.466 e. The Hall–Kier alpha value is -4.36. The Morgan fingerprint density at radius 3 is 2.18 bits per heavy atom. The van der Waals surface area contributed by atoms with Crippen LogP contribution < -0.4 is 4.90 Å². The van der Waals surface area contributed by atoms with E-state index < -0.39 is 13.8 Å². The van der Waals surface area contributed by atoms with Crippen LogP contribution in [0.25, 0.3) is 10.9 Å². The third-order valence-electron chi connectivity index (χ3n) is 7.29. The number of carbonyl (C=O) groups excluding carboxylic acids is 2. The smallest absolute Gasteiger partial charge is 0.466 e. The number of aromatic hydroxyl groups is 1. The largest absolute Gasteiger partial charge is 0.494 e. The highest BCUT2D eigenvalue weighted by Gasteiger charge is 2.21. The van der Waals surface area contributed by atoms with Crippen molar-refractivity contribution in [3.05, 3.63) is 89.5 Å². The molecule has 1 aliphatic rings. The second-order valence-corrected chi connectivity index (χ2v) is 11.5. The molecule has 5 N–H and O–H groups in total. The molecule has 1 amide bonds. The zero-order valence-corrected chi connectivity index (χ0v) is 26.0. The molecule has 0 unspecified atom stereocenters. The minimum atomic E-state index is -4.64. The Morgan fingerprint density at radius 2 is 1.58 bits per heavy atom. The number of piperazine rings is 1. The van der Waals surface area contributed by atoms with E-state index in [1.165, 1.54) is 7.11 Å². The average molecular weight is 638 g/mol.